The van der Waals surface area contributed by atoms with Gasteiger partial charge in [-0.15, -0.1) is 0 Å². The van der Waals surface area contributed by atoms with Crippen molar-refractivity contribution in [1.82, 2.24) is 0 Å². The van der Waals surface area contributed by atoms with E-state index in [2.05, 4.69) is 26.0 Å². The maximum Gasteiger partial charge on any atom is 0.230 e. The summed E-state index contributed by atoms with van der Waals surface area (Å²) in [5.41, 5.74) is 2.91. The first kappa shape index (κ1) is 13.4. The fourth-order valence-electron chi connectivity index (χ4n) is 2.11. The number of aromatic nitrogens is 1. The highest BCUT2D eigenvalue weighted by molar-refractivity contribution is 5.38. The molecular formula is C16H20NO2+. The topological polar surface area (TPSA) is 44.3 Å². The quantitative estimate of drug-likeness (QED) is 0.830. The van der Waals surface area contributed by atoms with Crippen LogP contribution < -0.4 is 4.57 Å². The lowest BCUT2D eigenvalue weighted by Gasteiger charge is -2.08. The van der Waals surface area contributed by atoms with Crippen molar-refractivity contribution < 1.29 is 14.8 Å². The van der Waals surface area contributed by atoms with Gasteiger partial charge in [-0.3, -0.25) is 0 Å². The van der Waals surface area contributed by atoms with Crippen molar-refractivity contribution in [3.8, 4) is 17.2 Å². The molecule has 0 aliphatic rings. The van der Waals surface area contributed by atoms with E-state index in [-0.39, 0.29) is 11.5 Å². The largest absolute Gasteiger partial charge is 0.504 e. The molecule has 1 atom stereocenters. The highest BCUT2D eigenvalue weighted by Crippen LogP contribution is 2.26. The Kier molecular flexibility index (Phi) is 3.74. The van der Waals surface area contributed by atoms with E-state index in [0.717, 1.165) is 12.1 Å². The van der Waals surface area contributed by atoms with Gasteiger partial charge >= 0.3 is 0 Å². The number of benzene rings is 1. The Labute approximate surface area is 113 Å². The first-order valence-electron chi connectivity index (χ1n) is 6.58. The predicted octanol–water partition coefficient (Wildman–Crippen LogP) is 3.20. The van der Waals surface area contributed by atoms with Crippen molar-refractivity contribution >= 4 is 0 Å². The molecule has 0 unspecified atom stereocenters. The second-order valence-corrected chi connectivity index (χ2v) is 4.91. The first-order chi connectivity index (χ1) is 9.04. The Hall–Kier alpha value is -2.03. The van der Waals surface area contributed by atoms with Crippen LogP contribution in [-0.2, 0) is 0 Å². The molecule has 0 bridgehead atoms. The molecule has 0 aliphatic carbocycles. The zero-order valence-electron chi connectivity index (χ0n) is 11.6. The lowest BCUT2D eigenvalue weighted by atomic mass is 9.98. The summed E-state index contributed by atoms with van der Waals surface area (Å²) in [6, 6.07) is 9.78. The fourth-order valence-corrected chi connectivity index (χ4v) is 2.11. The maximum absolute atomic E-state index is 9.76. The predicted molar refractivity (Wildman–Crippen MR) is 74.7 cm³/mol. The van der Waals surface area contributed by atoms with Gasteiger partial charge in [-0.2, -0.15) is 4.57 Å². The van der Waals surface area contributed by atoms with E-state index < -0.39 is 0 Å². The van der Waals surface area contributed by atoms with Gasteiger partial charge in [0.15, 0.2) is 11.9 Å². The third kappa shape index (κ3) is 2.55. The van der Waals surface area contributed by atoms with Crippen molar-refractivity contribution in [2.24, 2.45) is 0 Å². The molecule has 0 amide bonds. The highest BCUT2D eigenvalue weighted by atomic mass is 16.3. The molecule has 2 N–H and O–H groups in total. The van der Waals surface area contributed by atoms with E-state index in [4.69, 9.17) is 0 Å². The minimum Gasteiger partial charge on any atom is -0.504 e. The molecule has 1 aromatic heterocycles. The van der Waals surface area contributed by atoms with Gasteiger partial charge in [-0.1, -0.05) is 26.0 Å². The maximum atomic E-state index is 9.76. The molecule has 0 radical (unpaired) electrons. The molecule has 1 heterocycles. The van der Waals surface area contributed by atoms with E-state index in [1.54, 1.807) is 13.1 Å². The Morgan fingerprint density at radius 3 is 2.32 bits per heavy atom. The molecule has 0 saturated carbocycles. The van der Waals surface area contributed by atoms with Crippen molar-refractivity contribution in [2.45, 2.75) is 33.1 Å². The van der Waals surface area contributed by atoms with E-state index in [1.807, 2.05) is 16.7 Å². The van der Waals surface area contributed by atoms with Gasteiger partial charge in [0, 0.05) is 25.1 Å². The first-order valence-corrected chi connectivity index (χ1v) is 6.58. The van der Waals surface area contributed by atoms with Crippen LogP contribution in [0.3, 0.4) is 0 Å². The van der Waals surface area contributed by atoms with Crippen molar-refractivity contribution in [1.29, 1.82) is 0 Å². The molecule has 2 rings (SSSR count). The van der Waals surface area contributed by atoms with Crippen molar-refractivity contribution in [2.75, 3.05) is 0 Å². The van der Waals surface area contributed by atoms with Crippen LogP contribution in [0, 0.1) is 6.92 Å². The zero-order valence-corrected chi connectivity index (χ0v) is 11.6. The second kappa shape index (κ2) is 5.31. The lowest BCUT2D eigenvalue weighted by Crippen LogP contribution is -2.33. The van der Waals surface area contributed by atoms with Gasteiger partial charge in [0.25, 0.3) is 0 Å². The SMILES string of the molecule is CC[C@@H](C)c1ccc(-[n+]2ccc(O)c(O)c2C)cc1. The summed E-state index contributed by atoms with van der Waals surface area (Å²) < 4.78 is 1.86. The van der Waals surface area contributed by atoms with Gasteiger partial charge in [-0.25, -0.2) is 0 Å². The third-order valence-electron chi connectivity index (χ3n) is 3.68. The molecule has 0 fully saturated rings. The van der Waals surface area contributed by atoms with Gasteiger partial charge in [0.05, 0.1) is 0 Å². The monoisotopic (exact) mass is 258 g/mol. The van der Waals surface area contributed by atoms with E-state index in [9.17, 15) is 10.2 Å². The normalized spacial score (nSPS) is 12.4. The summed E-state index contributed by atoms with van der Waals surface area (Å²) in [5.74, 6) is 0.381. The number of rotatable bonds is 3. The van der Waals surface area contributed by atoms with Crippen LogP contribution in [-0.4, -0.2) is 10.2 Å². The second-order valence-electron chi connectivity index (χ2n) is 4.91. The van der Waals surface area contributed by atoms with Crippen molar-refractivity contribution in [3.05, 3.63) is 47.8 Å². The highest BCUT2D eigenvalue weighted by Gasteiger charge is 2.17. The van der Waals surface area contributed by atoms with Gasteiger partial charge < -0.3 is 10.2 Å². The average Bonchev–Trinajstić information content (AvgIpc) is 2.44. The standard InChI is InChI=1S/C16H19NO2/c1-4-11(2)13-5-7-14(8-6-13)17-10-9-15(18)16(19)12(17)3/h5-11,19H,4H2,1-3H3/p+1/t11-/m1/s1. The van der Waals surface area contributed by atoms with Crippen LogP contribution in [0.1, 0.15) is 37.4 Å². The molecule has 3 heteroatoms. The number of aromatic hydroxyl groups is 2. The summed E-state index contributed by atoms with van der Waals surface area (Å²) in [4.78, 5) is 0. The van der Waals surface area contributed by atoms with E-state index in [1.165, 1.54) is 11.6 Å². The van der Waals surface area contributed by atoms with Gasteiger partial charge in [-0.05, 0) is 17.9 Å². The molecule has 0 spiro atoms. The zero-order chi connectivity index (χ0) is 14.0. The van der Waals surface area contributed by atoms with Gasteiger partial charge in [0.2, 0.25) is 17.1 Å². The molecular weight excluding hydrogens is 238 g/mol. The number of hydrogen-bond acceptors (Lipinski definition) is 2. The van der Waals surface area contributed by atoms with Crippen LogP contribution in [0.4, 0.5) is 0 Å². The Bertz CT molecular complexity index is 576. The molecule has 2 aromatic rings. The Balaban J connectivity index is 2.40. The molecule has 3 nitrogen and oxygen atoms in total. The number of hydrogen-bond donors (Lipinski definition) is 2. The smallest absolute Gasteiger partial charge is 0.230 e. The molecule has 1 aromatic carbocycles. The van der Waals surface area contributed by atoms with Crippen LogP contribution >= 0.6 is 0 Å². The minimum atomic E-state index is -0.0926. The fraction of sp³-hybridized carbons (Fsp3) is 0.312. The van der Waals surface area contributed by atoms with E-state index >= 15 is 0 Å². The summed E-state index contributed by atoms with van der Waals surface area (Å²) in [6.45, 7) is 6.16. The number of pyridine rings is 1. The molecule has 0 aliphatic heterocycles. The Morgan fingerprint density at radius 1 is 1.11 bits per heavy atom. The Morgan fingerprint density at radius 2 is 1.74 bits per heavy atom. The van der Waals surface area contributed by atoms with Crippen LogP contribution in [0.2, 0.25) is 0 Å². The molecule has 19 heavy (non-hydrogen) atoms. The lowest BCUT2D eigenvalue weighted by molar-refractivity contribution is -0.603. The van der Waals surface area contributed by atoms with Crippen LogP contribution in [0.5, 0.6) is 11.5 Å². The summed E-state index contributed by atoms with van der Waals surface area (Å²) in [7, 11) is 0. The average molecular weight is 258 g/mol. The van der Waals surface area contributed by atoms with Crippen molar-refractivity contribution in [3.63, 3.8) is 0 Å². The minimum absolute atomic E-state index is 0.0755. The molecule has 0 saturated heterocycles. The summed E-state index contributed by atoms with van der Waals surface area (Å²) >= 11 is 0. The van der Waals surface area contributed by atoms with Gasteiger partial charge in [0.1, 0.15) is 0 Å². The van der Waals surface area contributed by atoms with Crippen LogP contribution in [0.15, 0.2) is 36.5 Å². The molecule has 100 valence electrons. The third-order valence-corrected chi connectivity index (χ3v) is 3.68. The summed E-state index contributed by atoms with van der Waals surface area (Å²) in [6.07, 6.45) is 2.87. The van der Waals surface area contributed by atoms with E-state index in [0.29, 0.717) is 11.6 Å². The van der Waals surface area contributed by atoms with Crippen LogP contribution in [0.25, 0.3) is 5.69 Å². The number of nitrogens with zero attached hydrogens (tertiary/aromatic N) is 1. The summed E-state index contributed by atoms with van der Waals surface area (Å²) in [5, 5.41) is 19.2.